The molecule has 0 bridgehead atoms. The molecule has 9 heteroatoms. The fourth-order valence-electron chi connectivity index (χ4n) is 3.05. The number of para-hydroxylation sites is 1. The zero-order valence-electron chi connectivity index (χ0n) is 14.4. The molecule has 1 atom stereocenters. The number of nitrogens with one attached hydrogen (secondary N) is 1. The first-order chi connectivity index (χ1) is 11.8. The van der Waals surface area contributed by atoms with Crippen LogP contribution in [0.15, 0.2) is 23.1 Å². The Morgan fingerprint density at radius 1 is 1.44 bits per heavy atom. The van der Waals surface area contributed by atoms with E-state index < -0.39 is 20.4 Å². The molecule has 1 aliphatic rings. The van der Waals surface area contributed by atoms with Gasteiger partial charge in [-0.15, -0.1) is 0 Å². The highest BCUT2D eigenvalue weighted by Gasteiger charge is 2.32. The Labute approximate surface area is 147 Å². The minimum atomic E-state index is -3.73. The number of rotatable bonds is 6. The fourth-order valence-corrected chi connectivity index (χ4v) is 3.91. The lowest BCUT2D eigenvalue weighted by molar-refractivity contribution is -0.387. The molecular weight excluding hydrogens is 346 g/mol. The smallest absolute Gasteiger partial charge is 0.311 e. The standard InChI is InChI=1S/C16H23N3O5S/c1-3-9-17-16(20)12-6-5-10-18(11-12)13-7-4-8-14(25(2,23)24)15(13)19(21)22/h4,7-8,12H,3,5-6,9-11H2,1-2H3,(H,17,20). The third-order valence-electron chi connectivity index (χ3n) is 4.24. The summed E-state index contributed by atoms with van der Waals surface area (Å²) in [6, 6.07) is 4.28. The number of benzene rings is 1. The quantitative estimate of drug-likeness (QED) is 0.604. The summed E-state index contributed by atoms with van der Waals surface area (Å²) >= 11 is 0. The van der Waals surface area contributed by atoms with E-state index in [1.165, 1.54) is 12.1 Å². The van der Waals surface area contributed by atoms with Crippen molar-refractivity contribution in [2.45, 2.75) is 31.1 Å². The Kier molecular flexibility index (Phi) is 5.99. The van der Waals surface area contributed by atoms with Crippen LogP contribution in [-0.4, -0.2) is 45.1 Å². The van der Waals surface area contributed by atoms with Crippen molar-refractivity contribution in [3.05, 3.63) is 28.3 Å². The van der Waals surface area contributed by atoms with E-state index in [1.807, 2.05) is 6.92 Å². The van der Waals surface area contributed by atoms with Gasteiger partial charge in [0, 0.05) is 25.9 Å². The van der Waals surface area contributed by atoms with Crippen LogP contribution >= 0.6 is 0 Å². The summed E-state index contributed by atoms with van der Waals surface area (Å²) < 4.78 is 23.8. The van der Waals surface area contributed by atoms with Crippen molar-refractivity contribution in [2.24, 2.45) is 5.92 Å². The highest BCUT2D eigenvalue weighted by Crippen LogP contribution is 2.36. The van der Waals surface area contributed by atoms with Gasteiger partial charge in [-0.25, -0.2) is 8.42 Å². The van der Waals surface area contributed by atoms with E-state index in [0.29, 0.717) is 32.5 Å². The zero-order chi connectivity index (χ0) is 18.6. The van der Waals surface area contributed by atoms with Crippen LogP contribution in [0.2, 0.25) is 0 Å². The molecule has 1 amide bonds. The summed E-state index contributed by atoms with van der Waals surface area (Å²) in [6.45, 7) is 3.45. The first-order valence-corrected chi connectivity index (χ1v) is 10.1. The summed E-state index contributed by atoms with van der Waals surface area (Å²) in [4.78, 5) is 24.5. The number of amides is 1. The first kappa shape index (κ1) is 19.2. The van der Waals surface area contributed by atoms with Crippen LogP contribution in [0.25, 0.3) is 0 Å². The van der Waals surface area contributed by atoms with Gasteiger partial charge in [0.2, 0.25) is 5.91 Å². The predicted molar refractivity (Wildman–Crippen MR) is 94.4 cm³/mol. The van der Waals surface area contributed by atoms with Crippen molar-refractivity contribution in [1.29, 1.82) is 0 Å². The lowest BCUT2D eigenvalue weighted by Gasteiger charge is -2.33. The van der Waals surface area contributed by atoms with Gasteiger partial charge < -0.3 is 10.2 Å². The van der Waals surface area contributed by atoms with E-state index in [-0.39, 0.29) is 22.4 Å². The van der Waals surface area contributed by atoms with Crippen molar-refractivity contribution >= 4 is 27.1 Å². The summed E-state index contributed by atoms with van der Waals surface area (Å²) in [5, 5.41) is 14.4. The van der Waals surface area contributed by atoms with Gasteiger partial charge in [0.15, 0.2) is 9.84 Å². The molecule has 0 spiro atoms. The van der Waals surface area contributed by atoms with Gasteiger partial charge in [-0.2, -0.15) is 0 Å². The molecule has 25 heavy (non-hydrogen) atoms. The van der Waals surface area contributed by atoms with Crippen molar-refractivity contribution in [3.63, 3.8) is 0 Å². The number of sulfone groups is 1. The van der Waals surface area contributed by atoms with Gasteiger partial charge in [0.1, 0.15) is 10.6 Å². The maximum atomic E-state index is 12.2. The van der Waals surface area contributed by atoms with Crippen LogP contribution in [0.3, 0.4) is 0 Å². The van der Waals surface area contributed by atoms with E-state index in [2.05, 4.69) is 5.32 Å². The van der Waals surface area contributed by atoms with Gasteiger partial charge in [0.25, 0.3) is 0 Å². The molecule has 1 aromatic carbocycles. The lowest BCUT2D eigenvalue weighted by atomic mass is 9.96. The van der Waals surface area contributed by atoms with Crippen LogP contribution in [0, 0.1) is 16.0 Å². The van der Waals surface area contributed by atoms with Gasteiger partial charge in [-0.3, -0.25) is 14.9 Å². The largest absolute Gasteiger partial charge is 0.365 e. The number of nitrogens with zero attached hydrogens (tertiary/aromatic N) is 2. The molecule has 8 nitrogen and oxygen atoms in total. The van der Waals surface area contributed by atoms with Crippen molar-refractivity contribution in [1.82, 2.24) is 5.32 Å². The molecule has 138 valence electrons. The third kappa shape index (κ3) is 4.47. The van der Waals surface area contributed by atoms with Gasteiger partial charge in [-0.1, -0.05) is 13.0 Å². The number of piperidine rings is 1. The molecule has 2 rings (SSSR count). The first-order valence-electron chi connectivity index (χ1n) is 8.25. The summed E-state index contributed by atoms with van der Waals surface area (Å²) in [5.74, 6) is -0.324. The highest BCUT2D eigenvalue weighted by molar-refractivity contribution is 7.90. The Balaban J connectivity index is 2.35. The number of carbonyl (C=O) groups excluding carboxylic acids is 1. The minimum absolute atomic E-state index is 0.0616. The van der Waals surface area contributed by atoms with E-state index in [0.717, 1.165) is 12.7 Å². The molecule has 0 aromatic heterocycles. The van der Waals surface area contributed by atoms with Gasteiger partial charge in [0.05, 0.1) is 10.8 Å². The van der Waals surface area contributed by atoms with E-state index in [1.54, 1.807) is 11.0 Å². The molecule has 0 aliphatic carbocycles. The minimum Gasteiger partial charge on any atom is -0.365 e. The summed E-state index contributed by atoms with van der Waals surface area (Å²) in [7, 11) is -3.73. The molecule has 1 fully saturated rings. The molecule has 1 heterocycles. The van der Waals surface area contributed by atoms with Crippen molar-refractivity contribution in [3.8, 4) is 0 Å². The average Bonchev–Trinajstić information content (AvgIpc) is 2.58. The molecule has 1 saturated heterocycles. The van der Waals surface area contributed by atoms with Crippen LogP contribution in [0.5, 0.6) is 0 Å². The van der Waals surface area contributed by atoms with Crippen LogP contribution in [0.4, 0.5) is 11.4 Å². The number of nitro groups is 1. The second-order valence-corrected chi connectivity index (χ2v) is 8.21. The van der Waals surface area contributed by atoms with E-state index >= 15 is 0 Å². The molecule has 1 aliphatic heterocycles. The Morgan fingerprint density at radius 2 is 2.16 bits per heavy atom. The molecule has 1 N–H and O–H groups in total. The monoisotopic (exact) mass is 369 g/mol. The molecule has 0 saturated carbocycles. The normalized spacial score (nSPS) is 18.0. The SMILES string of the molecule is CCCNC(=O)C1CCCN(c2cccc(S(C)(=O)=O)c2[N+](=O)[O-])C1. The topological polar surface area (TPSA) is 110 Å². The van der Waals surface area contributed by atoms with Crippen LogP contribution in [-0.2, 0) is 14.6 Å². The summed E-state index contributed by atoms with van der Waals surface area (Å²) in [5.41, 5.74) is -0.166. The van der Waals surface area contributed by atoms with E-state index in [4.69, 9.17) is 0 Å². The predicted octanol–water partition coefficient (Wildman–Crippen LogP) is 1.74. The van der Waals surface area contributed by atoms with Crippen LogP contribution in [0.1, 0.15) is 26.2 Å². The maximum Gasteiger partial charge on any atom is 0.311 e. The number of anilines is 1. The molecular formula is C16H23N3O5S. The van der Waals surface area contributed by atoms with Crippen LogP contribution < -0.4 is 10.2 Å². The second kappa shape index (κ2) is 7.81. The van der Waals surface area contributed by atoms with Gasteiger partial charge in [-0.05, 0) is 31.4 Å². The van der Waals surface area contributed by atoms with Crippen molar-refractivity contribution < 1.29 is 18.1 Å². The Morgan fingerprint density at radius 3 is 2.76 bits per heavy atom. The second-order valence-electron chi connectivity index (χ2n) is 6.23. The van der Waals surface area contributed by atoms with Gasteiger partial charge >= 0.3 is 5.69 Å². The molecule has 1 aromatic rings. The molecule has 0 radical (unpaired) electrons. The highest BCUT2D eigenvalue weighted by atomic mass is 32.2. The Hall–Kier alpha value is -2.16. The Bertz CT molecular complexity index is 763. The lowest BCUT2D eigenvalue weighted by Crippen LogP contribution is -2.43. The summed E-state index contributed by atoms with van der Waals surface area (Å²) in [6.07, 6.45) is 3.22. The van der Waals surface area contributed by atoms with E-state index in [9.17, 15) is 23.3 Å². The number of carbonyl (C=O) groups is 1. The average molecular weight is 369 g/mol. The zero-order valence-corrected chi connectivity index (χ0v) is 15.2. The third-order valence-corrected chi connectivity index (χ3v) is 5.37. The number of hydrogen-bond acceptors (Lipinski definition) is 6. The fraction of sp³-hybridized carbons (Fsp3) is 0.562. The van der Waals surface area contributed by atoms with Crippen molar-refractivity contribution in [2.75, 3.05) is 30.8 Å². The number of nitro benzene ring substituents is 1. The number of hydrogen-bond donors (Lipinski definition) is 1. The molecule has 1 unspecified atom stereocenters. The maximum absolute atomic E-state index is 12.2.